The zero-order valence-corrected chi connectivity index (χ0v) is 66.0. The number of ether oxygens (including phenoxy) is 4. The number of pyridine rings is 4. The van der Waals surface area contributed by atoms with E-state index in [9.17, 15) is 0 Å². The van der Waals surface area contributed by atoms with E-state index in [1.807, 2.05) is 0 Å². The average Bonchev–Trinajstić information content (AvgIpc) is 1.54. The minimum absolute atomic E-state index is 0.0738. The summed E-state index contributed by atoms with van der Waals surface area (Å²) in [6, 6.07) is 101. The third-order valence-corrected chi connectivity index (χ3v) is 27.7. The van der Waals surface area contributed by atoms with Gasteiger partial charge in [0.1, 0.15) is 23.0 Å². The smallest absolute Gasteiger partial charge is 0.293 e. The summed E-state index contributed by atoms with van der Waals surface area (Å²) >= 11 is 0. The van der Waals surface area contributed by atoms with Crippen LogP contribution in [0, 0.1) is 0 Å². The number of benzene rings is 16. The van der Waals surface area contributed by atoms with E-state index < -0.39 is 0 Å². The normalized spacial score (nSPS) is 15.7. The topological polar surface area (TPSA) is 52.4 Å². The van der Waals surface area contributed by atoms with E-state index >= 15 is 0 Å². The molecule has 0 radical (unpaired) electrons. The molecule has 0 fully saturated rings. The van der Waals surface area contributed by atoms with Crippen molar-refractivity contribution in [1.82, 2.24) is 0 Å². The lowest BCUT2D eigenvalue weighted by Gasteiger charge is -2.23. The molecule has 4 aliphatic carbocycles. The van der Waals surface area contributed by atoms with Crippen LogP contribution in [0.5, 0.6) is 23.0 Å². The molecule has 4 aliphatic heterocycles. The van der Waals surface area contributed by atoms with Crippen LogP contribution in [0.2, 0.25) is 0 Å². The molecule has 16 aromatic carbocycles. The van der Waals surface area contributed by atoms with E-state index in [2.05, 4.69) is 365 Å². The summed E-state index contributed by atoms with van der Waals surface area (Å²) in [5, 5.41) is 28.6. The average molecular weight is 1500 g/mol. The third-order valence-electron chi connectivity index (χ3n) is 27.7. The molecule has 552 valence electrons. The standard InChI is InChI=1S/4C27H20NO/c1-27(2)21-13-18-12-11-16-7-3-6-10-20(16)25(18)28-15-29-22-14-17-8-4-5-9-19(17)24(27)23(22)26(21)28;1-27(2)24-20-10-6-4-8-17(20)13-21-23(24)26-25(27)22-18(14-28(26)15-29-21)12-11-16-7-3-5-9-19(16)22;1-27(2)21-14-20-18-9-5-3-7-16(18)11-12-22(20)28-15-29-23-13-17-8-4-6-10-19(17)25(27)24(23)26(21)28;1-27(2)24-19-10-6-4-8-17(19)13-22-23(24)26-25(27)20-12-11-16-7-3-5-9-18(16)21(20)14-28(26)15-29-22/h4*3-14H,15H2,1-2H3/q4*+1. The van der Waals surface area contributed by atoms with E-state index in [4.69, 9.17) is 18.9 Å². The first-order valence-corrected chi connectivity index (χ1v) is 40.9. The maximum atomic E-state index is 6.39. The maximum absolute atomic E-state index is 6.39. The van der Waals surface area contributed by atoms with Crippen molar-refractivity contribution < 1.29 is 37.2 Å². The van der Waals surface area contributed by atoms with Gasteiger partial charge in [-0.15, -0.1) is 0 Å². The zero-order valence-electron chi connectivity index (χ0n) is 66.0. The monoisotopic (exact) mass is 1500 g/mol. The molecule has 20 aromatic rings. The first kappa shape index (κ1) is 65.9. The molecule has 0 unspecified atom stereocenters. The van der Waals surface area contributed by atoms with Gasteiger partial charge in [-0.05, 0) is 169 Å². The molecule has 116 heavy (non-hydrogen) atoms. The summed E-state index contributed by atoms with van der Waals surface area (Å²) in [7, 11) is 0. The Morgan fingerprint density at radius 3 is 1.12 bits per heavy atom. The maximum Gasteiger partial charge on any atom is 0.293 e. The number of aromatic nitrogens is 4. The van der Waals surface area contributed by atoms with Gasteiger partial charge < -0.3 is 18.9 Å². The van der Waals surface area contributed by atoms with Crippen molar-refractivity contribution >= 4 is 130 Å². The fourth-order valence-electron chi connectivity index (χ4n) is 22.7. The number of nitrogens with zero attached hydrogens (tertiary/aromatic N) is 4. The molecule has 8 heterocycles. The minimum Gasteiger partial charge on any atom is -0.435 e. The number of rotatable bonds is 0. The lowest BCUT2D eigenvalue weighted by Crippen LogP contribution is -2.43. The summed E-state index contributed by atoms with van der Waals surface area (Å²) in [6.07, 6.45) is 4.56. The number of hydrogen-bond donors (Lipinski definition) is 0. The largest absolute Gasteiger partial charge is 0.435 e. The number of fused-ring (bicyclic) bond motifs is 24. The Morgan fingerprint density at radius 2 is 0.586 bits per heavy atom. The van der Waals surface area contributed by atoms with E-state index in [-0.39, 0.29) is 21.7 Å². The van der Waals surface area contributed by atoms with Gasteiger partial charge in [-0.3, -0.25) is 0 Å². The lowest BCUT2D eigenvalue weighted by molar-refractivity contribution is -0.716. The first-order valence-electron chi connectivity index (χ1n) is 40.9. The second kappa shape index (κ2) is 23.1. The molecule has 0 saturated carbocycles. The van der Waals surface area contributed by atoms with Crippen molar-refractivity contribution in [3.05, 3.63) is 336 Å². The molecule has 4 aromatic heterocycles. The molecule has 28 rings (SSSR count). The van der Waals surface area contributed by atoms with Crippen LogP contribution in [0.25, 0.3) is 175 Å². The lowest BCUT2D eigenvalue weighted by atomic mass is 9.78. The van der Waals surface area contributed by atoms with Crippen molar-refractivity contribution in [2.24, 2.45) is 0 Å². The van der Waals surface area contributed by atoms with Crippen molar-refractivity contribution in [1.29, 1.82) is 0 Å². The van der Waals surface area contributed by atoms with Crippen molar-refractivity contribution in [3.8, 4) is 68.0 Å². The van der Waals surface area contributed by atoms with Gasteiger partial charge >= 0.3 is 0 Å². The Morgan fingerprint density at radius 1 is 0.233 bits per heavy atom. The fourth-order valence-corrected chi connectivity index (χ4v) is 22.7. The van der Waals surface area contributed by atoms with Gasteiger partial charge in [-0.25, -0.2) is 0 Å². The first-order chi connectivity index (χ1) is 56.6. The van der Waals surface area contributed by atoms with Crippen LogP contribution in [-0.4, -0.2) is 0 Å². The summed E-state index contributed by atoms with van der Waals surface area (Å²) in [5.74, 6) is 4.08. The van der Waals surface area contributed by atoms with Gasteiger partial charge in [0.15, 0.2) is 12.4 Å². The Kier molecular flexibility index (Phi) is 13.1. The molecule has 8 nitrogen and oxygen atoms in total. The second-order valence-corrected chi connectivity index (χ2v) is 35.2. The highest BCUT2D eigenvalue weighted by Crippen LogP contribution is 2.62. The molecule has 8 heteroatoms. The Labute approximate surface area is 670 Å². The van der Waals surface area contributed by atoms with Crippen LogP contribution < -0.4 is 37.2 Å². The van der Waals surface area contributed by atoms with E-state index in [0.29, 0.717) is 26.9 Å². The summed E-state index contributed by atoms with van der Waals surface area (Å²) in [4.78, 5) is 0. The molecule has 0 atom stereocenters. The van der Waals surface area contributed by atoms with Gasteiger partial charge in [-0.2, -0.15) is 18.3 Å². The van der Waals surface area contributed by atoms with Crippen LogP contribution in [0.15, 0.2) is 291 Å². The SMILES string of the molecule is CC1(C)c2c3c(cc4ccccc24)OC[n+]2cc4c(ccc5ccccc54)c1c2-3.CC1(C)c2c3c(cc4ccccc24)OC[n+]2cc4ccc5ccccc5c4c1c2-3.CC1(C)c2cc3c4ccccc4ccc3[n+]3c2-c2c(cc4ccccc4c21)OC3.CC1(C)c2cc3ccc4ccccc4c3[n+]3c2-c2c(cc4ccccc4c21)OC3. The van der Waals surface area contributed by atoms with Gasteiger partial charge in [-0.1, -0.05) is 268 Å². The Balaban J connectivity index is 0.0000000866. The van der Waals surface area contributed by atoms with Gasteiger partial charge in [0.2, 0.25) is 33.8 Å². The van der Waals surface area contributed by atoms with Crippen molar-refractivity contribution in [2.75, 3.05) is 0 Å². The molecule has 0 saturated heterocycles. The fraction of sp³-hybridized carbons (Fsp3) is 0.148. The van der Waals surface area contributed by atoms with E-state index in [0.717, 1.165) is 23.0 Å². The summed E-state index contributed by atoms with van der Waals surface area (Å²) in [5.41, 5.74) is 23.9. The molecule has 0 N–H and O–H groups in total. The highest BCUT2D eigenvalue weighted by Gasteiger charge is 2.53. The molecule has 0 amide bonds. The van der Waals surface area contributed by atoms with Gasteiger partial charge in [0, 0.05) is 66.1 Å². The zero-order chi connectivity index (χ0) is 77.3. The highest BCUT2D eigenvalue weighted by molar-refractivity contribution is 6.16. The quantitative estimate of drug-likeness (QED) is 0.112. The van der Waals surface area contributed by atoms with Crippen molar-refractivity contribution in [2.45, 2.75) is 104 Å². The van der Waals surface area contributed by atoms with E-state index in [1.54, 1.807) is 0 Å². The highest BCUT2D eigenvalue weighted by atomic mass is 16.5. The van der Waals surface area contributed by atoms with Crippen LogP contribution in [-0.2, 0) is 48.6 Å². The Bertz CT molecular complexity index is 7920. The molecular formula is C108H80N4O4+4. The molecule has 8 aliphatic rings. The minimum atomic E-state index is -0.112. The molecular weight excluding hydrogens is 1420 g/mol. The Hall–Kier alpha value is -13.6. The van der Waals surface area contributed by atoms with Crippen LogP contribution in [0.4, 0.5) is 0 Å². The van der Waals surface area contributed by atoms with Crippen LogP contribution >= 0.6 is 0 Å². The summed E-state index contributed by atoms with van der Waals surface area (Å²) < 4.78 is 34.7. The predicted octanol–water partition coefficient (Wildman–Crippen LogP) is 24.4. The van der Waals surface area contributed by atoms with Gasteiger partial charge in [0.05, 0.1) is 38.4 Å². The molecule has 0 spiro atoms. The summed E-state index contributed by atoms with van der Waals surface area (Å²) in [6.45, 7) is 21.2. The van der Waals surface area contributed by atoms with E-state index in [1.165, 1.54) is 219 Å². The third kappa shape index (κ3) is 8.67. The van der Waals surface area contributed by atoms with Crippen LogP contribution in [0.3, 0.4) is 0 Å². The second-order valence-electron chi connectivity index (χ2n) is 35.2. The molecule has 0 bridgehead atoms. The number of hydrogen-bond acceptors (Lipinski definition) is 4. The van der Waals surface area contributed by atoms with Crippen LogP contribution in [0.1, 0.15) is 99.9 Å². The van der Waals surface area contributed by atoms with Crippen molar-refractivity contribution in [3.63, 3.8) is 0 Å². The van der Waals surface area contributed by atoms with Gasteiger partial charge in [0.25, 0.3) is 26.9 Å². The predicted molar refractivity (Wildman–Crippen MR) is 469 cm³/mol.